The van der Waals surface area contributed by atoms with Gasteiger partial charge < -0.3 is 10.4 Å². The number of anilines is 1. The molecule has 0 aliphatic rings. The predicted molar refractivity (Wildman–Crippen MR) is 69.1 cm³/mol. The average molecular weight is 281 g/mol. The lowest BCUT2D eigenvalue weighted by atomic mass is 10.2. The summed E-state index contributed by atoms with van der Waals surface area (Å²) in [5, 5.41) is 22.7. The Morgan fingerprint density at radius 2 is 2.05 bits per heavy atom. The molecule has 0 spiro atoms. The number of aromatic hydroxyl groups is 1. The highest BCUT2D eigenvalue weighted by molar-refractivity contribution is 6.28. The van der Waals surface area contributed by atoms with E-state index in [1.165, 1.54) is 12.1 Å². The largest absolute Gasteiger partial charge is 0.508 e. The molecule has 2 N–H and O–H groups in total. The third kappa shape index (κ3) is 3.29. The minimum absolute atomic E-state index is 0.0538. The van der Waals surface area contributed by atoms with E-state index in [1.807, 2.05) is 0 Å². The minimum atomic E-state index is -0.588. The van der Waals surface area contributed by atoms with E-state index in [1.54, 1.807) is 12.1 Å². The van der Waals surface area contributed by atoms with Crippen LogP contribution in [0.5, 0.6) is 5.75 Å². The Hall–Kier alpha value is -2.41. The van der Waals surface area contributed by atoms with Gasteiger partial charge in [-0.3, -0.25) is 10.1 Å². The molecule has 8 heteroatoms. The van der Waals surface area contributed by atoms with Crippen molar-refractivity contribution in [1.29, 1.82) is 0 Å². The molecular formula is C11H9ClN4O3. The van der Waals surface area contributed by atoms with Crippen LogP contribution in [0.3, 0.4) is 0 Å². The molecule has 0 saturated carbocycles. The molecule has 19 heavy (non-hydrogen) atoms. The molecule has 0 atom stereocenters. The van der Waals surface area contributed by atoms with Crippen molar-refractivity contribution in [2.75, 3.05) is 5.32 Å². The molecule has 0 bridgehead atoms. The lowest BCUT2D eigenvalue weighted by Gasteiger charge is -2.06. The molecule has 2 rings (SSSR count). The van der Waals surface area contributed by atoms with Gasteiger partial charge in [0.15, 0.2) is 0 Å². The molecule has 0 unspecified atom stereocenters. The fourth-order valence-corrected chi connectivity index (χ4v) is 1.55. The molecule has 0 aliphatic heterocycles. The van der Waals surface area contributed by atoms with Gasteiger partial charge in [-0.1, -0.05) is 12.1 Å². The standard InChI is InChI=1S/C11H9ClN4O3/c12-11-14-6-9(16(18)19)10(15-11)13-5-7-1-3-8(17)4-2-7/h1-4,6,17H,5H2,(H,13,14,15). The van der Waals surface area contributed by atoms with Gasteiger partial charge in [0.25, 0.3) is 0 Å². The van der Waals surface area contributed by atoms with Gasteiger partial charge in [-0.25, -0.2) is 4.98 Å². The highest BCUT2D eigenvalue weighted by Crippen LogP contribution is 2.22. The molecule has 0 aliphatic carbocycles. The summed E-state index contributed by atoms with van der Waals surface area (Å²) in [4.78, 5) is 17.6. The topological polar surface area (TPSA) is 101 Å². The first kappa shape index (κ1) is 13.0. The highest BCUT2D eigenvalue weighted by Gasteiger charge is 2.16. The van der Waals surface area contributed by atoms with Crippen LogP contribution in [0.15, 0.2) is 30.5 Å². The van der Waals surface area contributed by atoms with Gasteiger partial charge in [0.1, 0.15) is 11.9 Å². The fourth-order valence-electron chi connectivity index (χ4n) is 1.42. The third-order valence-corrected chi connectivity index (χ3v) is 2.52. The number of aromatic nitrogens is 2. The van der Waals surface area contributed by atoms with Crippen molar-refractivity contribution < 1.29 is 10.0 Å². The highest BCUT2D eigenvalue weighted by atomic mass is 35.5. The summed E-state index contributed by atoms with van der Waals surface area (Å²) in [5.74, 6) is 0.206. The number of phenolic OH excluding ortho intramolecular Hbond substituents is 1. The molecule has 1 aromatic heterocycles. The van der Waals surface area contributed by atoms with Crippen molar-refractivity contribution in [2.24, 2.45) is 0 Å². The van der Waals surface area contributed by atoms with Crippen LogP contribution in [0, 0.1) is 10.1 Å². The summed E-state index contributed by atoms with van der Waals surface area (Å²) in [7, 11) is 0. The second kappa shape index (κ2) is 5.49. The lowest BCUT2D eigenvalue weighted by Crippen LogP contribution is -2.05. The molecule has 0 amide bonds. The third-order valence-electron chi connectivity index (χ3n) is 2.33. The lowest BCUT2D eigenvalue weighted by molar-refractivity contribution is -0.384. The van der Waals surface area contributed by atoms with E-state index in [0.29, 0.717) is 6.54 Å². The molecule has 2 aromatic rings. The van der Waals surface area contributed by atoms with E-state index in [0.717, 1.165) is 11.8 Å². The minimum Gasteiger partial charge on any atom is -0.508 e. The van der Waals surface area contributed by atoms with Crippen LogP contribution < -0.4 is 5.32 Å². The molecule has 0 saturated heterocycles. The van der Waals surface area contributed by atoms with Gasteiger partial charge in [-0.2, -0.15) is 4.98 Å². The number of rotatable bonds is 4. The summed E-state index contributed by atoms with van der Waals surface area (Å²) < 4.78 is 0. The maximum absolute atomic E-state index is 10.8. The van der Waals surface area contributed by atoms with Crippen LogP contribution in [0.4, 0.5) is 11.5 Å². The van der Waals surface area contributed by atoms with Crippen LogP contribution in [0.2, 0.25) is 5.28 Å². The van der Waals surface area contributed by atoms with Gasteiger partial charge >= 0.3 is 5.69 Å². The van der Waals surface area contributed by atoms with Crippen LogP contribution in [-0.2, 0) is 6.54 Å². The maximum atomic E-state index is 10.8. The number of nitrogens with zero attached hydrogens (tertiary/aromatic N) is 3. The Balaban J connectivity index is 2.16. The number of hydrogen-bond acceptors (Lipinski definition) is 6. The Kier molecular flexibility index (Phi) is 3.76. The van der Waals surface area contributed by atoms with Crippen LogP contribution in [0.25, 0.3) is 0 Å². The Morgan fingerprint density at radius 1 is 1.37 bits per heavy atom. The van der Waals surface area contributed by atoms with Gasteiger partial charge in [-0.15, -0.1) is 0 Å². The molecule has 0 fully saturated rings. The first-order valence-corrected chi connectivity index (χ1v) is 5.63. The van der Waals surface area contributed by atoms with E-state index >= 15 is 0 Å². The molecule has 98 valence electrons. The monoisotopic (exact) mass is 280 g/mol. The summed E-state index contributed by atoms with van der Waals surface area (Å²) in [5.41, 5.74) is 0.588. The molecule has 1 heterocycles. The van der Waals surface area contributed by atoms with E-state index in [9.17, 15) is 10.1 Å². The Labute approximate surface area is 113 Å². The smallest absolute Gasteiger partial charge is 0.329 e. The second-order valence-corrected chi connectivity index (χ2v) is 3.99. The quantitative estimate of drug-likeness (QED) is 0.506. The molecule has 7 nitrogen and oxygen atoms in total. The maximum Gasteiger partial charge on any atom is 0.329 e. The van der Waals surface area contributed by atoms with Gasteiger partial charge in [0.05, 0.1) is 4.92 Å². The van der Waals surface area contributed by atoms with Crippen LogP contribution in [0.1, 0.15) is 5.56 Å². The summed E-state index contributed by atoms with van der Waals surface area (Å²) in [6.07, 6.45) is 1.05. The van der Waals surface area contributed by atoms with Crippen molar-refractivity contribution in [2.45, 2.75) is 6.54 Å². The first-order chi connectivity index (χ1) is 9.06. The zero-order valence-electron chi connectivity index (χ0n) is 9.58. The van der Waals surface area contributed by atoms with Crippen LogP contribution in [-0.4, -0.2) is 20.0 Å². The van der Waals surface area contributed by atoms with Crippen molar-refractivity contribution in [3.8, 4) is 5.75 Å². The van der Waals surface area contributed by atoms with E-state index in [4.69, 9.17) is 16.7 Å². The van der Waals surface area contributed by atoms with E-state index in [-0.39, 0.29) is 22.5 Å². The summed E-state index contributed by atoms with van der Waals surface area (Å²) in [6.45, 7) is 0.314. The van der Waals surface area contributed by atoms with Gasteiger partial charge in [0.2, 0.25) is 11.1 Å². The van der Waals surface area contributed by atoms with E-state index < -0.39 is 4.92 Å². The van der Waals surface area contributed by atoms with Gasteiger partial charge in [0, 0.05) is 6.54 Å². The van der Waals surface area contributed by atoms with E-state index in [2.05, 4.69) is 15.3 Å². The normalized spacial score (nSPS) is 10.2. The number of benzene rings is 1. The zero-order chi connectivity index (χ0) is 13.8. The Morgan fingerprint density at radius 3 is 2.68 bits per heavy atom. The summed E-state index contributed by atoms with van der Waals surface area (Å²) in [6, 6.07) is 6.44. The van der Waals surface area contributed by atoms with Crippen molar-refractivity contribution >= 4 is 23.1 Å². The number of hydrogen-bond donors (Lipinski definition) is 2. The van der Waals surface area contributed by atoms with Crippen LogP contribution >= 0.6 is 11.6 Å². The number of nitro groups is 1. The molecule has 0 radical (unpaired) electrons. The first-order valence-electron chi connectivity index (χ1n) is 5.25. The van der Waals surface area contributed by atoms with Crippen molar-refractivity contribution in [3.05, 3.63) is 51.4 Å². The van der Waals surface area contributed by atoms with Gasteiger partial charge in [-0.05, 0) is 29.3 Å². The number of halogens is 1. The van der Waals surface area contributed by atoms with Crippen molar-refractivity contribution in [1.82, 2.24) is 9.97 Å². The summed E-state index contributed by atoms with van der Waals surface area (Å²) >= 11 is 5.61. The zero-order valence-corrected chi connectivity index (χ0v) is 10.3. The van der Waals surface area contributed by atoms with Crippen molar-refractivity contribution in [3.63, 3.8) is 0 Å². The molecule has 1 aromatic carbocycles. The molecular weight excluding hydrogens is 272 g/mol. The second-order valence-electron chi connectivity index (χ2n) is 3.65. The predicted octanol–water partition coefficient (Wildman–Crippen LogP) is 2.36. The number of phenols is 1. The Bertz CT molecular complexity index is 603. The SMILES string of the molecule is O=[N+]([O-])c1cnc(Cl)nc1NCc1ccc(O)cc1. The fraction of sp³-hybridized carbons (Fsp3) is 0.0909. The number of nitrogens with one attached hydrogen (secondary N) is 1. The average Bonchev–Trinajstić information content (AvgIpc) is 2.38.